The van der Waals surface area contributed by atoms with Crippen molar-refractivity contribution in [2.24, 2.45) is 9.98 Å². The van der Waals surface area contributed by atoms with E-state index in [1.54, 1.807) is 0 Å². The monoisotopic (exact) mass is 716 g/mol. The van der Waals surface area contributed by atoms with Crippen LogP contribution >= 0.6 is 0 Å². The van der Waals surface area contributed by atoms with Crippen molar-refractivity contribution in [2.45, 2.75) is 11.6 Å². The molecule has 4 nitrogen and oxygen atoms in total. The highest BCUT2D eigenvalue weighted by molar-refractivity contribution is 6.13. The van der Waals surface area contributed by atoms with Crippen LogP contribution in [0.3, 0.4) is 0 Å². The Morgan fingerprint density at radius 3 is 1.71 bits per heavy atom. The number of rotatable bonds is 5. The highest BCUT2D eigenvalue weighted by Gasteiger charge is 2.51. The zero-order valence-electron chi connectivity index (χ0n) is 30.5. The normalized spacial score (nSPS) is 15.8. The lowest BCUT2D eigenvalue weighted by molar-refractivity contribution is 0.674. The first-order valence-electron chi connectivity index (χ1n) is 19.2. The van der Waals surface area contributed by atoms with Gasteiger partial charge in [-0.1, -0.05) is 170 Å². The molecule has 2 aliphatic heterocycles. The predicted octanol–water partition coefficient (Wildman–Crippen LogP) is 12.0. The minimum atomic E-state index is -0.517. The van der Waals surface area contributed by atoms with Crippen molar-refractivity contribution in [3.05, 3.63) is 245 Å². The molecule has 4 heteroatoms. The summed E-state index contributed by atoms with van der Waals surface area (Å²) in [4.78, 5) is 12.6. The molecule has 0 fully saturated rings. The molecule has 0 amide bonds. The number of hydrogen-bond acceptors (Lipinski definition) is 4. The number of hydrogen-bond donors (Lipinski definition) is 1. The molecule has 1 atom stereocenters. The van der Waals surface area contributed by atoms with E-state index in [-0.39, 0.29) is 6.17 Å². The topological polar surface area (TPSA) is 40.0 Å². The smallest absolute Gasteiger partial charge is 0.159 e. The van der Waals surface area contributed by atoms with Crippen LogP contribution in [0.2, 0.25) is 0 Å². The summed E-state index contributed by atoms with van der Waals surface area (Å²) in [6, 6.07) is 74.1. The molecule has 11 rings (SSSR count). The van der Waals surface area contributed by atoms with Gasteiger partial charge in [0.25, 0.3) is 0 Å². The molecule has 264 valence electrons. The van der Waals surface area contributed by atoms with Crippen LogP contribution in [0.15, 0.2) is 216 Å². The molecule has 8 aromatic rings. The number of nitrogens with zero attached hydrogens (tertiary/aromatic N) is 3. The maximum Gasteiger partial charge on any atom is 0.159 e. The lowest BCUT2D eigenvalue weighted by Crippen LogP contribution is -2.36. The molecule has 0 radical (unpaired) electrons. The van der Waals surface area contributed by atoms with Crippen LogP contribution in [-0.4, -0.2) is 11.7 Å². The minimum absolute atomic E-state index is 0.261. The molecule has 8 aromatic carbocycles. The van der Waals surface area contributed by atoms with Gasteiger partial charge < -0.3 is 10.2 Å². The molecule has 0 saturated heterocycles. The molecule has 1 aliphatic carbocycles. The Kier molecular flexibility index (Phi) is 7.42. The Bertz CT molecular complexity index is 2790. The number of fused-ring (bicyclic) bond motifs is 9. The van der Waals surface area contributed by atoms with Crippen LogP contribution in [-0.2, 0) is 5.41 Å². The molecule has 56 heavy (non-hydrogen) atoms. The molecule has 1 unspecified atom stereocenters. The molecule has 0 saturated carbocycles. The van der Waals surface area contributed by atoms with Gasteiger partial charge in [0.1, 0.15) is 12.0 Å². The zero-order valence-corrected chi connectivity index (χ0v) is 30.5. The predicted molar refractivity (Wildman–Crippen MR) is 229 cm³/mol. The van der Waals surface area contributed by atoms with Crippen LogP contribution in [0, 0.1) is 0 Å². The summed E-state index contributed by atoms with van der Waals surface area (Å²) in [6.45, 7) is 0. The van der Waals surface area contributed by atoms with Crippen molar-refractivity contribution >= 4 is 28.7 Å². The number of nitrogens with one attached hydrogen (secondary N) is 1. The van der Waals surface area contributed by atoms with Crippen molar-refractivity contribution in [2.75, 3.05) is 4.90 Å². The number of benzene rings is 8. The van der Waals surface area contributed by atoms with Crippen LogP contribution in [0.5, 0.6) is 0 Å². The van der Waals surface area contributed by atoms with E-state index in [0.717, 1.165) is 45.2 Å². The summed E-state index contributed by atoms with van der Waals surface area (Å²) in [5, 5.41) is 3.66. The van der Waals surface area contributed by atoms with E-state index in [9.17, 15) is 0 Å². The van der Waals surface area contributed by atoms with Gasteiger partial charge in [-0.2, -0.15) is 0 Å². The van der Waals surface area contributed by atoms with E-state index in [2.05, 4.69) is 192 Å². The quantitative estimate of drug-likeness (QED) is 0.193. The van der Waals surface area contributed by atoms with Crippen LogP contribution in [0.1, 0.15) is 45.1 Å². The average Bonchev–Trinajstić information content (AvgIpc) is 3.57. The Balaban J connectivity index is 1.08. The third kappa shape index (κ3) is 4.93. The highest BCUT2D eigenvalue weighted by Crippen LogP contribution is 2.63. The summed E-state index contributed by atoms with van der Waals surface area (Å²) in [5.74, 6) is 1.52. The second-order valence-corrected chi connectivity index (χ2v) is 14.6. The van der Waals surface area contributed by atoms with E-state index >= 15 is 0 Å². The maximum absolute atomic E-state index is 5.12. The Hall–Kier alpha value is -7.30. The Morgan fingerprint density at radius 2 is 0.982 bits per heavy atom. The third-order valence-corrected chi connectivity index (χ3v) is 11.5. The van der Waals surface area contributed by atoms with E-state index in [4.69, 9.17) is 9.98 Å². The van der Waals surface area contributed by atoms with Gasteiger partial charge in [0.15, 0.2) is 5.84 Å². The zero-order chi connectivity index (χ0) is 37.1. The SMILES string of the molecule is c1ccc(C2=NC(c3ccccc3)NC(c3cccc(-c4ccc5c(c4)C4(c6ccccc6-5)c5ccccc5N(c5ccccc5)c5ccccc54)c3)=N2)cc1. The number of aliphatic imine (C=N–C) groups is 2. The van der Waals surface area contributed by atoms with E-state index in [0.29, 0.717) is 0 Å². The molecular formula is C52H36N4. The molecule has 1 N–H and O–H groups in total. The number of anilines is 3. The van der Waals surface area contributed by atoms with Crippen molar-refractivity contribution in [1.82, 2.24) is 5.32 Å². The summed E-state index contributed by atoms with van der Waals surface area (Å²) in [5.41, 5.74) is 16.1. The average molecular weight is 717 g/mol. The van der Waals surface area contributed by atoms with Crippen molar-refractivity contribution < 1.29 is 0 Å². The fourth-order valence-electron chi connectivity index (χ4n) is 9.11. The first-order valence-corrected chi connectivity index (χ1v) is 19.2. The fraction of sp³-hybridized carbons (Fsp3) is 0.0385. The van der Waals surface area contributed by atoms with Gasteiger partial charge in [-0.05, 0) is 86.5 Å². The largest absolute Gasteiger partial charge is 0.344 e. The Labute approximate surface area is 326 Å². The van der Waals surface area contributed by atoms with Crippen LogP contribution in [0.4, 0.5) is 17.1 Å². The third-order valence-electron chi connectivity index (χ3n) is 11.5. The second kappa shape index (κ2) is 12.9. The van der Waals surface area contributed by atoms with Gasteiger partial charge in [0.2, 0.25) is 0 Å². The Morgan fingerprint density at radius 1 is 0.429 bits per heavy atom. The van der Waals surface area contributed by atoms with E-state index in [1.807, 2.05) is 24.3 Å². The standard InChI is InChI=1S/C52H36N4/c1-4-17-35(18-5-1)49-53-50(36-19-6-2-7-20-36)55-51(54-49)39-22-16-21-37(33-39)38-31-32-42-41-25-10-11-26-43(41)52(46(42)34-38)44-27-12-14-29-47(44)56(40-23-8-3-9-24-40)48-30-15-13-28-45(48)52/h1-34,49H,(H,53,54,55). The minimum Gasteiger partial charge on any atom is -0.344 e. The van der Waals surface area contributed by atoms with Gasteiger partial charge in [-0.25, -0.2) is 9.98 Å². The summed E-state index contributed by atoms with van der Waals surface area (Å²) in [7, 11) is 0. The summed E-state index contributed by atoms with van der Waals surface area (Å²) in [6.07, 6.45) is -0.261. The van der Waals surface area contributed by atoms with Crippen molar-refractivity contribution in [3.8, 4) is 22.3 Å². The van der Waals surface area contributed by atoms with Gasteiger partial charge in [0.05, 0.1) is 16.8 Å². The van der Waals surface area contributed by atoms with Gasteiger partial charge in [0, 0.05) is 16.8 Å². The molecule has 0 bridgehead atoms. The van der Waals surface area contributed by atoms with E-state index in [1.165, 1.54) is 44.8 Å². The highest BCUT2D eigenvalue weighted by atomic mass is 15.2. The van der Waals surface area contributed by atoms with Crippen LogP contribution in [0.25, 0.3) is 22.3 Å². The van der Waals surface area contributed by atoms with Crippen LogP contribution < -0.4 is 10.2 Å². The second-order valence-electron chi connectivity index (χ2n) is 14.6. The molecular weight excluding hydrogens is 681 g/mol. The molecule has 3 aliphatic rings. The van der Waals surface area contributed by atoms with Crippen molar-refractivity contribution in [1.29, 1.82) is 0 Å². The van der Waals surface area contributed by atoms with Gasteiger partial charge in [-0.15, -0.1) is 0 Å². The summed E-state index contributed by atoms with van der Waals surface area (Å²) < 4.78 is 0. The molecule has 1 spiro atoms. The first kappa shape index (κ1) is 32.2. The maximum atomic E-state index is 5.12. The molecule has 2 heterocycles. The van der Waals surface area contributed by atoms with Crippen molar-refractivity contribution in [3.63, 3.8) is 0 Å². The molecule has 0 aromatic heterocycles. The van der Waals surface area contributed by atoms with E-state index < -0.39 is 5.41 Å². The lowest BCUT2D eigenvalue weighted by atomic mass is 9.64. The van der Waals surface area contributed by atoms with Gasteiger partial charge >= 0.3 is 0 Å². The number of amidine groups is 2. The number of para-hydroxylation sites is 3. The first-order chi connectivity index (χ1) is 27.8. The fourth-order valence-corrected chi connectivity index (χ4v) is 9.11. The lowest BCUT2D eigenvalue weighted by Gasteiger charge is -2.45. The summed E-state index contributed by atoms with van der Waals surface area (Å²) >= 11 is 0. The van der Waals surface area contributed by atoms with Gasteiger partial charge in [-0.3, -0.25) is 0 Å².